The van der Waals surface area contributed by atoms with Crippen molar-refractivity contribution in [1.82, 2.24) is 0 Å². The summed E-state index contributed by atoms with van der Waals surface area (Å²) in [5.41, 5.74) is 2.14. The average Bonchev–Trinajstić information content (AvgIpc) is 3.60. The molecule has 2 heterocycles. The van der Waals surface area contributed by atoms with E-state index in [9.17, 15) is 0 Å². The molecule has 2 aromatic rings. The molecule has 0 bridgehead atoms. The zero-order valence-corrected chi connectivity index (χ0v) is 18.0. The molecular formula is C27H30N2O2. The fraction of sp³-hybridized carbons (Fsp3) is 0.481. The zero-order chi connectivity index (χ0) is 20.7. The van der Waals surface area contributed by atoms with Crippen molar-refractivity contribution in [3.8, 4) is 0 Å². The first kappa shape index (κ1) is 19.1. The summed E-state index contributed by atoms with van der Waals surface area (Å²) >= 11 is 0. The highest BCUT2D eigenvalue weighted by atomic mass is 16.5. The summed E-state index contributed by atoms with van der Waals surface area (Å²) in [5, 5.41) is 0. The van der Waals surface area contributed by atoms with Gasteiger partial charge in [0.25, 0.3) is 0 Å². The highest BCUT2D eigenvalue weighted by Gasteiger charge is 2.52. The molecule has 2 spiro atoms. The van der Waals surface area contributed by atoms with Crippen LogP contribution in [-0.4, -0.2) is 23.0 Å². The molecule has 0 radical (unpaired) electrons. The quantitative estimate of drug-likeness (QED) is 0.586. The minimum atomic E-state index is -0.181. The van der Waals surface area contributed by atoms with E-state index in [0.29, 0.717) is 6.42 Å². The van der Waals surface area contributed by atoms with Crippen molar-refractivity contribution in [3.05, 3.63) is 71.8 Å². The molecule has 4 heteroatoms. The van der Waals surface area contributed by atoms with Gasteiger partial charge in [0.15, 0.2) is 11.8 Å². The average molecular weight is 415 g/mol. The van der Waals surface area contributed by atoms with Crippen molar-refractivity contribution < 1.29 is 9.47 Å². The smallest absolute Gasteiger partial charge is 0.194 e. The third kappa shape index (κ3) is 3.28. The SMILES string of the molecule is c1ccc([C@H]2N=C(CC3=N[C@H](c4ccccc4)C4(CCCC4)O3)OC23CCCC3)cc1. The first-order valence-corrected chi connectivity index (χ1v) is 11.9. The highest BCUT2D eigenvalue weighted by molar-refractivity contribution is 5.99. The highest BCUT2D eigenvalue weighted by Crippen LogP contribution is 2.51. The van der Waals surface area contributed by atoms with E-state index >= 15 is 0 Å². The van der Waals surface area contributed by atoms with Gasteiger partial charge in [-0.25, -0.2) is 9.98 Å². The molecule has 0 unspecified atom stereocenters. The lowest BCUT2D eigenvalue weighted by molar-refractivity contribution is 0.0544. The van der Waals surface area contributed by atoms with Crippen molar-refractivity contribution in [2.24, 2.45) is 9.98 Å². The molecule has 4 nitrogen and oxygen atoms in total. The summed E-state index contributed by atoms with van der Waals surface area (Å²) in [4.78, 5) is 10.2. The third-order valence-corrected chi connectivity index (χ3v) is 7.62. The molecule has 2 atom stereocenters. The van der Waals surface area contributed by atoms with E-state index in [1.807, 2.05) is 0 Å². The van der Waals surface area contributed by atoms with Gasteiger partial charge >= 0.3 is 0 Å². The van der Waals surface area contributed by atoms with Crippen LogP contribution in [-0.2, 0) is 9.47 Å². The minimum Gasteiger partial charge on any atom is -0.471 e. The Bertz CT molecular complexity index is 905. The Kier molecular flexibility index (Phi) is 4.62. The topological polar surface area (TPSA) is 43.2 Å². The van der Waals surface area contributed by atoms with Crippen molar-refractivity contribution >= 4 is 11.8 Å². The van der Waals surface area contributed by atoms with E-state index < -0.39 is 0 Å². The van der Waals surface area contributed by atoms with Gasteiger partial charge in [-0.3, -0.25) is 0 Å². The molecule has 2 saturated carbocycles. The largest absolute Gasteiger partial charge is 0.471 e. The van der Waals surface area contributed by atoms with Crippen molar-refractivity contribution in [2.75, 3.05) is 0 Å². The third-order valence-electron chi connectivity index (χ3n) is 7.62. The van der Waals surface area contributed by atoms with Crippen LogP contribution in [0.4, 0.5) is 0 Å². The second kappa shape index (κ2) is 7.51. The summed E-state index contributed by atoms with van der Waals surface area (Å²) in [6.07, 6.45) is 9.70. The Hall–Kier alpha value is -2.62. The second-order valence-corrected chi connectivity index (χ2v) is 9.60. The van der Waals surface area contributed by atoms with Crippen LogP contribution in [0.3, 0.4) is 0 Å². The van der Waals surface area contributed by atoms with Gasteiger partial charge in [-0.05, 0) is 62.5 Å². The van der Waals surface area contributed by atoms with Crippen molar-refractivity contribution in [3.63, 3.8) is 0 Å². The van der Waals surface area contributed by atoms with Gasteiger partial charge in [-0.15, -0.1) is 0 Å². The Morgan fingerprint density at radius 2 is 1.00 bits per heavy atom. The Balaban J connectivity index is 1.29. The van der Waals surface area contributed by atoms with Gasteiger partial charge in [0, 0.05) is 0 Å². The fourth-order valence-electron chi connectivity index (χ4n) is 6.17. The number of nitrogens with zero attached hydrogens (tertiary/aromatic N) is 2. The van der Waals surface area contributed by atoms with E-state index in [1.165, 1.54) is 36.8 Å². The van der Waals surface area contributed by atoms with Gasteiger partial charge < -0.3 is 9.47 Å². The van der Waals surface area contributed by atoms with Crippen LogP contribution < -0.4 is 0 Å². The molecule has 0 aromatic heterocycles. The number of hydrogen-bond donors (Lipinski definition) is 0. The monoisotopic (exact) mass is 414 g/mol. The maximum Gasteiger partial charge on any atom is 0.194 e. The molecule has 2 aliphatic heterocycles. The lowest BCUT2D eigenvalue weighted by atomic mass is 9.88. The van der Waals surface area contributed by atoms with Crippen LogP contribution in [0.25, 0.3) is 0 Å². The van der Waals surface area contributed by atoms with E-state index in [-0.39, 0.29) is 23.3 Å². The predicted molar refractivity (Wildman–Crippen MR) is 122 cm³/mol. The molecule has 2 aliphatic carbocycles. The molecule has 2 aromatic carbocycles. The summed E-state index contributed by atoms with van der Waals surface area (Å²) < 4.78 is 13.2. The molecule has 4 aliphatic rings. The Morgan fingerprint density at radius 3 is 1.39 bits per heavy atom. The number of aliphatic imine (C=N–C) groups is 2. The zero-order valence-electron chi connectivity index (χ0n) is 18.0. The molecule has 160 valence electrons. The van der Waals surface area contributed by atoms with Gasteiger partial charge in [0.1, 0.15) is 23.3 Å². The number of rotatable bonds is 4. The van der Waals surface area contributed by atoms with Crippen molar-refractivity contribution in [2.45, 2.75) is 81.1 Å². The van der Waals surface area contributed by atoms with Crippen LogP contribution in [0.15, 0.2) is 70.6 Å². The van der Waals surface area contributed by atoms with E-state index in [0.717, 1.165) is 37.5 Å². The van der Waals surface area contributed by atoms with E-state index in [2.05, 4.69) is 60.7 Å². The maximum atomic E-state index is 6.62. The normalized spacial score (nSPS) is 27.9. The maximum absolute atomic E-state index is 6.62. The summed E-state index contributed by atoms with van der Waals surface area (Å²) in [7, 11) is 0. The summed E-state index contributed by atoms with van der Waals surface area (Å²) in [6.45, 7) is 0. The van der Waals surface area contributed by atoms with Gasteiger partial charge in [0.05, 0.1) is 6.42 Å². The van der Waals surface area contributed by atoms with Crippen molar-refractivity contribution in [1.29, 1.82) is 0 Å². The molecular weight excluding hydrogens is 384 g/mol. The van der Waals surface area contributed by atoms with Crippen LogP contribution >= 0.6 is 0 Å². The first-order chi connectivity index (χ1) is 15.3. The number of hydrogen-bond acceptors (Lipinski definition) is 4. The number of ether oxygens (including phenoxy) is 2. The van der Waals surface area contributed by atoms with E-state index in [1.54, 1.807) is 0 Å². The van der Waals surface area contributed by atoms with Gasteiger partial charge in [0.2, 0.25) is 0 Å². The molecule has 0 N–H and O–H groups in total. The van der Waals surface area contributed by atoms with Crippen LogP contribution in [0, 0.1) is 0 Å². The van der Waals surface area contributed by atoms with Gasteiger partial charge in [-0.2, -0.15) is 0 Å². The molecule has 0 saturated heterocycles. The molecule has 6 rings (SSSR count). The Morgan fingerprint density at radius 1 is 0.613 bits per heavy atom. The lowest BCUT2D eigenvalue weighted by Gasteiger charge is -2.30. The second-order valence-electron chi connectivity index (χ2n) is 9.60. The van der Waals surface area contributed by atoms with Crippen LogP contribution in [0.2, 0.25) is 0 Å². The molecule has 31 heavy (non-hydrogen) atoms. The van der Waals surface area contributed by atoms with E-state index in [4.69, 9.17) is 19.5 Å². The molecule has 2 fully saturated rings. The first-order valence-electron chi connectivity index (χ1n) is 11.9. The van der Waals surface area contributed by atoms with Crippen LogP contribution in [0.5, 0.6) is 0 Å². The predicted octanol–water partition coefficient (Wildman–Crippen LogP) is 6.34. The fourth-order valence-corrected chi connectivity index (χ4v) is 6.17. The number of benzene rings is 2. The van der Waals surface area contributed by atoms with Gasteiger partial charge in [-0.1, -0.05) is 60.7 Å². The Labute approximate surface area is 184 Å². The minimum absolute atomic E-state index is 0.0820. The lowest BCUT2D eigenvalue weighted by Crippen LogP contribution is -2.33. The molecule has 0 amide bonds. The standard InChI is InChI=1S/C27H30N2O2/c1-3-11-20(12-4-1)24-26(15-7-8-16-26)30-22(28-24)19-23-29-25(21-13-5-2-6-14-21)27(31-23)17-9-10-18-27/h1-6,11-14,24-25H,7-10,15-19H2/t24-,25-/m1/s1. The summed E-state index contributed by atoms with van der Waals surface area (Å²) in [5.74, 6) is 1.60. The van der Waals surface area contributed by atoms with Crippen LogP contribution in [0.1, 0.15) is 81.0 Å². The summed E-state index contributed by atoms with van der Waals surface area (Å²) in [6, 6.07) is 21.4.